The van der Waals surface area contributed by atoms with E-state index in [4.69, 9.17) is 9.05 Å². The van der Waals surface area contributed by atoms with Gasteiger partial charge in [-0.15, -0.1) is 0 Å². The van der Waals surface area contributed by atoms with Crippen molar-refractivity contribution < 1.29 is 18.4 Å². The van der Waals surface area contributed by atoms with E-state index in [2.05, 4.69) is 0 Å². The van der Waals surface area contributed by atoms with Crippen molar-refractivity contribution >= 4 is 13.5 Å². The number of hydrogen-bond donors (Lipinski definition) is 0. The maximum atomic E-state index is 12.6. The van der Waals surface area contributed by atoms with E-state index in [1.807, 2.05) is 4.90 Å². The molecule has 0 radical (unpaired) electrons. The molecule has 2 aliphatic rings. The summed E-state index contributed by atoms with van der Waals surface area (Å²) in [5, 5.41) is 0. The summed E-state index contributed by atoms with van der Waals surface area (Å²) in [6.07, 6.45) is 3.05. The van der Waals surface area contributed by atoms with E-state index < -0.39 is 13.3 Å². The fraction of sp³-hybridized carbons (Fsp3) is 0.909. The van der Waals surface area contributed by atoms with Gasteiger partial charge < -0.3 is 13.9 Å². The van der Waals surface area contributed by atoms with Crippen LogP contribution in [-0.4, -0.2) is 42.3 Å². The first-order valence-corrected chi connectivity index (χ1v) is 7.94. The molecule has 98 valence electrons. The summed E-state index contributed by atoms with van der Waals surface area (Å²) in [6, 6.07) is 0.0696. The fourth-order valence-corrected chi connectivity index (χ4v) is 4.98. The van der Waals surface area contributed by atoms with Gasteiger partial charge in [0.2, 0.25) is 5.91 Å². The van der Waals surface area contributed by atoms with E-state index in [0.717, 1.165) is 25.8 Å². The molecule has 2 aliphatic heterocycles. The highest BCUT2D eigenvalue weighted by Crippen LogP contribution is 2.59. The third-order valence-corrected chi connectivity index (χ3v) is 5.89. The molecule has 0 saturated carbocycles. The van der Waals surface area contributed by atoms with Crippen molar-refractivity contribution in [3.63, 3.8) is 0 Å². The summed E-state index contributed by atoms with van der Waals surface area (Å²) in [5.41, 5.74) is -0.553. The quantitative estimate of drug-likeness (QED) is 0.561. The van der Waals surface area contributed by atoms with Gasteiger partial charge in [0.05, 0.1) is 19.3 Å². The molecule has 17 heavy (non-hydrogen) atoms. The number of fused-ring (bicyclic) bond motifs is 1. The highest BCUT2D eigenvalue weighted by atomic mass is 31.2. The molecule has 1 amide bonds. The number of carbonyl (C=O) groups excluding carboxylic acids is 1. The minimum atomic E-state index is -3.26. The molecule has 2 atom stereocenters. The lowest BCUT2D eigenvalue weighted by Crippen LogP contribution is -2.66. The predicted molar refractivity (Wildman–Crippen MR) is 64.0 cm³/mol. The normalized spacial score (nSPS) is 28.8. The fourth-order valence-electron chi connectivity index (χ4n) is 2.72. The summed E-state index contributed by atoms with van der Waals surface area (Å²) >= 11 is 0. The van der Waals surface area contributed by atoms with Crippen LogP contribution in [-0.2, 0) is 18.4 Å². The van der Waals surface area contributed by atoms with Gasteiger partial charge in [0.15, 0.2) is 5.66 Å². The van der Waals surface area contributed by atoms with Gasteiger partial charge in [-0.2, -0.15) is 0 Å². The molecule has 0 aliphatic carbocycles. The van der Waals surface area contributed by atoms with Gasteiger partial charge in [-0.25, -0.2) is 0 Å². The third kappa shape index (κ3) is 2.16. The first kappa shape index (κ1) is 13.1. The van der Waals surface area contributed by atoms with E-state index in [0.29, 0.717) is 13.2 Å². The molecular weight excluding hydrogens is 241 g/mol. The van der Waals surface area contributed by atoms with Gasteiger partial charge in [-0.3, -0.25) is 9.36 Å². The van der Waals surface area contributed by atoms with Crippen LogP contribution in [0.4, 0.5) is 0 Å². The van der Waals surface area contributed by atoms with Crippen LogP contribution >= 0.6 is 7.60 Å². The van der Waals surface area contributed by atoms with Crippen LogP contribution in [0.1, 0.15) is 33.1 Å². The zero-order valence-corrected chi connectivity index (χ0v) is 11.3. The monoisotopic (exact) mass is 261 g/mol. The molecule has 2 heterocycles. The molecular formula is C11H20NO4P. The van der Waals surface area contributed by atoms with Crippen molar-refractivity contribution in [2.24, 2.45) is 0 Å². The number of β-lactam (4-membered cyclic amide) rings is 1. The average Bonchev–Trinajstić information content (AvgIpc) is 2.29. The lowest BCUT2D eigenvalue weighted by Gasteiger charge is -2.51. The molecule has 0 aromatic heterocycles. The second kappa shape index (κ2) is 5.09. The Morgan fingerprint density at radius 3 is 2.53 bits per heavy atom. The van der Waals surface area contributed by atoms with E-state index in [1.165, 1.54) is 0 Å². The first-order valence-electron chi connectivity index (χ1n) is 6.33. The molecule has 0 bridgehead atoms. The van der Waals surface area contributed by atoms with Crippen LogP contribution in [0.2, 0.25) is 0 Å². The molecule has 0 spiro atoms. The van der Waals surface area contributed by atoms with Gasteiger partial charge in [0.25, 0.3) is 0 Å². The lowest BCUT2D eigenvalue weighted by molar-refractivity contribution is -0.148. The summed E-state index contributed by atoms with van der Waals surface area (Å²) in [7, 11) is -3.26. The molecule has 0 aromatic carbocycles. The number of carbonyl (C=O) groups is 1. The molecule has 0 aromatic rings. The van der Waals surface area contributed by atoms with E-state index in [1.54, 1.807) is 13.8 Å². The maximum absolute atomic E-state index is 12.6. The molecule has 2 saturated heterocycles. The van der Waals surface area contributed by atoms with Gasteiger partial charge in [-0.1, -0.05) is 0 Å². The van der Waals surface area contributed by atoms with Crippen molar-refractivity contribution in [2.75, 3.05) is 19.8 Å². The largest absolute Gasteiger partial charge is 0.345 e. The van der Waals surface area contributed by atoms with Crippen molar-refractivity contribution in [2.45, 2.75) is 44.8 Å². The smallest absolute Gasteiger partial charge is 0.337 e. The number of amides is 1. The molecule has 2 unspecified atom stereocenters. The van der Waals surface area contributed by atoms with Crippen LogP contribution in [0, 0.1) is 0 Å². The standard InChI is InChI=1S/C11H20NO4P/c1-3-15-17(14,16-4-2)10-9-7-5-6-8-12(9)11(10)13/h9-10H,3-8H2,1-2H3. The van der Waals surface area contributed by atoms with Crippen LogP contribution in [0.5, 0.6) is 0 Å². The summed E-state index contributed by atoms with van der Waals surface area (Å²) in [4.78, 5) is 13.8. The van der Waals surface area contributed by atoms with Gasteiger partial charge >= 0.3 is 7.60 Å². The third-order valence-electron chi connectivity index (χ3n) is 3.41. The zero-order valence-electron chi connectivity index (χ0n) is 10.4. The second-order valence-corrected chi connectivity index (χ2v) is 6.57. The van der Waals surface area contributed by atoms with Gasteiger partial charge in [0, 0.05) is 6.54 Å². The Morgan fingerprint density at radius 2 is 1.94 bits per heavy atom. The van der Waals surface area contributed by atoms with Gasteiger partial charge in [-0.05, 0) is 33.1 Å². The Labute approximate surface area is 102 Å². The number of hydrogen-bond acceptors (Lipinski definition) is 4. The minimum absolute atomic E-state index is 0.0556. The van der Waals surface area contributed by atoms with Crippen molar-refractivity contribution in [3.05, 3.63) is 0 Å². The predicted octanol–water partition coefficient (Wildman–Crippen LogP) is 2.02. The van der Waals surface area contributed by atoms with Crippen molar-refractivity contribution in [1.29, 1.82) is 0 Å². The summed E-state index contributed by atoms with van der Waals surface area (Å²) < 4.78 is 23.1. The maximum Gasteiger partial charge on any atom is 0.345 e. The molecule has 0 N–H and O–H groups in total. The minimum Gasteiger partial charge on any atom is -0.337 e. The Morgan fingerprint density at radius 1 is 1.29 bits per heavy atom. The van der Waals surface area contributed by atoms with Crippen molar-refractivity contribution in [3.8, 4) is 0 Å². The van der Waals surface area contributed by atoms with Crippen LogP contribution in [0.15, 0.2) is 0 Å². The molecule has 5 nitrogen and oxygen atoms in total. The zero-order chi connectivity index (χ0) is 12.5. The highest BCUT2D eigenvalue weighted by molar-refractivity contribution is 7.56. The Balaban J connectivity index is 2.14. The summed E-state index contributed by atoms with van der Waals surface area (Å²) in [5.74, 6) is -0.0556. The van der Waals surface area contributed by atoms with E-state index in [-0.39, 0.29) is 11.9 Å². The van der Waals surface area contributed by atoms with Gasteiger partial charge in [0.1, 0.15) is 0 Å². The average molecular weight is 261 g/mol. The highest BCUT2D eigenvalue weighted by Gasteiger charge is 2.58. The van der Waals surface area contributed by atoms with Crippen LogP contribution in [0.3, 0.4) is 0 Å². The van der Waals surface area contributed by atoms with E-state index >= 15 is 0 Å². The number of piperidine rings is 1. The Kier molecular flexibility index (Phi) is 3.91. The Hall–Kier alpha value is -0.380. The SMILES string of the molecule is CCOP(=O)(OCC)C1C(=O)N2CCCCC12. The molecule has 2 fully saturated rings. The Bertz CT molecular complexity index is 336. The molecule has 2 rings (SSSR count). The second-order valence-electron chi connectivity index (χ2n) is 4.41. The van der Waals surface area contributed by atoms with Crippen LogP contribution in [0.25, 0.3) is 0 Å². The lowest BCUT2D eigenvalue weighted by atomic mass is 9.91. The first-order chi connectivity index (χ1) is 8.14. The van der Waals surface area contributed by atoms with Crippen molar-refractivity contribution in [1.82, 2.24) is 4.90 Å². The molecule has 6 heteroatoms. The topological polar surface area (TPSA) is 55.8 Å². The number of rotatable bonds is 5. The van der Waals surface area contributed by atoms with E-state index in [9.17, 15) is 9.36 Å². The number of nitrogens with zero attached hydrogens (tertiary/aromatic N) is 1. The summed E-state index contributed by atoms with van der Waals surface area (Å²) in [6.45, 7) is 4.96. The van der Waals surface area contributed by atoms with Crippen LogP contribution < -0.4 is 0 Å².